The summed E-state index contributed by atoms with van der Waals surface area (Å²) in [5.74, 6) is 0.725. The van der Waals surface area contributed by atoms with Crippen molar-refractivity contribution in [3.8, 4) is 0 Å². The number of rotatable bonds is 8. The van der Waals surface area contributed by atoms with Crippen LogP contribution in [-0.4, -0.2) is 55.9 Å². The summed E-state index contributed by atoms with van der Waals surface area (Å²) in [5, 5.41) is 15.5. The number of ether oxygens (including phenoxy) is 2. The number of carbonyl (C=O) groups excluding carboxylic acids is 2. The van der Waals surface area contributed by atoms with Crippen molar-refractivity contribution in [2.75, 3.05) is 20.7 Å². The lowest BCUT2D eigenvalue weighted by atomic mass is 9.67. The van der Waals surface area contributed by atoms with Crippen molar-refractivity contribution >= 4 is 12.4 Å². The molecule has 3 rings (SSSR count). The van der Waals surface area contributed by atoms with E-state index in [9.17, 15) is 14.7 Å². The zero-order chi connectivity index (χ0) is 26.7. The van der Waals surface area contributed by atoms with Gasteiger partial charge in [-0.3, -0.25) is 9.59 Å². The fourth-order valence-corrected chi connectivity index (χ4v) is 5.37. The molecule has 3 N–H and O–H groups in total. The Kier molecular flexibility index (Phi) is 12.4. The zero-order valence-electron chi connectivity index (χ0n) is 23.0. The minimum Gasteiger partial charge on any atom is -0.462 e. The first-order valence-electron chi connectivity index (χ1n) is 12.7. The van der Waals surface area contributed by atoms with Gasteiger partial charge in [0, 0.05) is 12.5 Å². The lowest BCUT2D eigenvalue weighted by Crippen LogP contribution is -2.44. The van der Waals surface area contributed by atoms with Crippen LogP contribution in [0.15, 0.2) is 30.3 Å². The highest BCUT2D eigenvalue weighted by Gasteiger charge is 2.62. The van der Waals surface area contributed by atoms with Gasteiger partial charge in [-0.25, -0.2) is 0 Å². The maximum Gasteiger partial charge on any atom is 0.293 e. The monoisotopic (exact) mass is 492 g/mol. The molecular weight excluding hydrogens is 444 g/mol. The molecule has 2 aliphatic carbocycles. The Hall–Kier alpha value is -1.96. The first kappa shape index (κ1) is 31.1. The van der Waals surface area contributed by atoms with Crippen LogP contribution in [0.4, 0.5) is 0 Å². The molecule has 0 radical (unpaired) electrons. The molecule has 2 saturated carbocycles. The Morgan fingerprint density at radius 1 is 1.23 bits per heavy atom. The maximum atomic E-state index is 11.3. The summed E-state index contributed by atoms with van der Waals surface area (Å²) in [5.41, 5.74) is 1.44. The van der Waals surface area contributed by atoms with Crippen molar-refractivity contribution in [2.45, 2.75) is 91.6 Å². The largest absolute Gasteiger partial charge is 0.462 e. The molecule has 0 aromatic heterocycles. The summed E-state index contributed by atoms with van der Waals surface area (Å²) in [7, 11) is 3.36. The smallest absolute Gasteiger partial charge is 0.293 e. The van der Waals surface area contributed by atoms with E-state index in [0.717, 1.165) is 24.3 Å². The van der Waals surface area contributed by atoms with Crippen LogP contribution in [0.3, 0.4) is 0 Å². The van der Waals surface area contributed by atoms with Crippen LogP contribution in [0.1, 0.15) is 72.8 Å². The van der Waals surface area contributed by atoms with Crippen molar-refractivity contribution in [1.29, 1.82) is 0 Å². The van der Waals surface area contributed by atoms with Crippen molar-refractivity contribution in [3.05, 3.63) is 35.9 Å². The van der Waals surface area contributed by atoms with Crippen molar-refractivity contribution in [1.82, 2.24) is 10.6 Å². The molecule has 0 aliphatic heterocycles. The molecule has 4 atom stereocenters. The summed E-state index contributed by atoms with van der Waals surface area (Å²) >= 11 is 0. The van der Waals surface area contributed by atoms with E-state index in [4.69, 9.17) is 4.74 Å². The van der Waals surface area contributed by atoms with E-state index in [1.807, 2.05) is 51.1 Å². The predicted octanol–water partition coefficient (Wildman–Crippen LogP) is 4.08. The second-order valence-corrected chi connectivity index (χ2v) is 11.0. The number of hydrogen-bond donors (Lipinski definition) is 3. The average molecular weight is 493 g/mol. The normalized spacial score (nSPS) is 24.8. The summed E-state index contributed by atoms with van der Waals surface area (Å²) in [6, 6.07) is 9.58. The second-order valence-electron chi connectivity index (χ2n) is 11.0. The highest BCUT2D eigenvalue weighted by molar-refractivity contribution is 5.81. The number of fused-ring (bicyclic) bond motifs is 2. The van der Waals surface area contributed by atoms with Gasteiger partial charge in [-0.15, -0.1) is 0 Å². The second kappa shape index (κ2) is 14.0. The van der Waals surface area contributed by atoms with Crippen LogP contribution >= 0.6 is 0 Å². The number of aliphatic hydroxyl groups is 1. The molecule has 35 heavy (non-hydrogen) atoms. The molecule has 200 valence electrons. The molecule has 7 heteroatoms. The maximum absolute atomic E-state index is 11.3. The van der Waals surface area contributed by atoms with Gasteiger partial charge in [-0.2, -0.15) is 0 Å². The van der Waals surface area contributed by atoms with Gasteiger partial charge in [0.05, 0.1) is 19.3 Å². The molecule has 2 aliphatic rings. The van der Waals surface area contributed by atoms with Gasteiger partial charge < -0.3 is 25.2 Å². The van der Waals surface area contributed by atoms with Crippen LogP contribution in [0.5, 0.6) is 0 Å². The Bertz CT molecular complexity index is 762. The summed E-state index contributed by atoms with van der Waals surface area (Å²) in [4.78, 5) is 20.9. The first-order chi connectivity index (χ1) is 16.4. The lowest BCUT2D eigenvalue weighted by molar-refractivity contribution is -0.138. The molecule has 1 amide bonds. The minimum atomic E-state index is -0.318. The van der Waals surface area contributed by atoms with Gasteiger partial charge in [-0.1, -0.05) is 51.1 Å². The first-order valence-corrected chi connectivity index (χ1v) is 12.7. The Morgan fingerprint density at radius 3 is 2.20 bits per heavy atom. The molecular formula is C28H48N2O5. The Balaban J connectivity index is 0.000000284. The van der Waals surface area contributed by atoms with Gasteiger partial charge in [0.2, 0.25) is 5.91 Å². The van der Waals surface area contributed by atoms with Gasteiger partial charge >= 0.3 is 0 Å². The number of amides is 1. The highest BCUT2D eigenvalue weighted by Crippen LogP contribution is 2.67. The van der Waals surface area contributed by atoms with Crippen molar-refractivity contribution < 1.29 is 24.2 Å². The Labute approximate surface area is 212 Å². The number of likely N-dealkylation sites (N-methyl/N-ethyl adjacent to an activating group) is 2. The molecule has 2 fully saturated rings. The number of aliphatic hydroxyl groups excluding tert-OH is 1. The molecule has 4 unspecified atom stereocenters. The minimum absolute atomic E-state index is 0.0174. The standard InChI is InChI=1S/C12H18N2O2.C11H20O.C5H10O2/c1-13-11(12(15)14-2)9-16-8-10-6-4-3-5-7-10;1-4-11-6-5-8(7-9(11)12)10(11,2)3;1-5(2,3)7-4-6/h3-7,11,13H,8-9H2,1-2H3,(H,14,15);8-9,12H,4-7H2,1-3H3;4H,1-3H3. The van der Waals surface area contributed by atoms with E-state index >= 15 is 0 Å². The van der Waals surface area contributed by atoms with Crippen LogP contribution in [-0.2, 0) is 25.7 Å². The summed E-state index contributed by atoms with van der Waals surface area (Å²) in [6.07, 6.45) is 4.79. The molecule has 2 bridgehead atoms. The number of benzene rings is 1. The lowest BCUT2D eigenvalue weighted by Gasteiger charge is -2.39. The number of carbonyl (C=O) groups is 2. The topological polar surface area (TPSA) is 96.9 Å². The van der Waals surface area contributed by atoms with Crippen LogP contribution in [0.25, 0.3) is 0 Å². The van der Waals surface area contributed by atoms with Gasteiger partial charge in [0.15, 0.2) is 0 Å². The fourth-order valence-electron chi connectivity index (χ4n) is 5.37. The summed E-state index contributed by atoms with van der Waals surface area (Å²) in [6.45, 7) is 13.7. The molecule has 1 aromatic rings. The van der Waals surface area contributed by atoms with E-state index in [1.165, 1.54) is 12.8 Å². The molecule has 0 spiro atoms. The van der Waals surface area contributed by atoms with Crippen molar-refractivity contribution in [2.24, 2.45) is 16.7 Å². The van der Waals surface area contributed by atoms with Gasteiger partial charge in [-0.05, 0) is 70.4 Å². The third-order valence-electron chi connectivity index (χ3n) is 7.73. The van der Waals surface area contributed by atoms with E-state index in [1.54, 1.807) is 14.1 Å². The predicted molar refractivity (Wildman–Crippen MR) is 140 cm³/mol. The molecule has 7 nitrogen and oxygen atoms in total. The summed E-state index contributed by atoms with van der Waals surface area (Å²) < 4.78 is 10.0. The number of hydrogen-bond acceptors (Lipinski definition) is 6. The van der Waals surface area contributed by atoms with Gasteiger partial charge in [0.1, 0.15) is 11.6 Å². The highest BCUT2D eigenvalue weighted by atomic mass is 16.5. The zero-order valence-corrected chi connectivity index (χ0v) is 23.0. The van der Waals surface area contributed by atoms with E-state index in [-0.39, 0.29) is 29.1 Å². The molecule has 0 saturated heterocycles. The van der Waals surface area contributed by atoms with Crippen molar-refractivity contribution in [3.63, 3.8) is 0 Å². The molecule has 1 aromatic carbocycles. The Morgan fingerprint density at radius 2 is 1.86 bits per heavy atom. The quantitative estimate of drug-likeness (QED) is 0.473. The number of nitrogens with one attached hydrogen (secondary N) is 2. The van der Waals surface area contributed by atoms with Crippen LogP contribution in [0, 0.1) is 16.7 Å². The average Bonchev–Trinajstić information content (AvgIpc) is 3.17. The third-order valence-corrected chi connectivity index (χ3v) is 7.73. The van der Waals surface area contributed by atoms with E-state index in [2.05, 4.69) is 36.1 Å². The van der Waals surface area contributed by atoms with E-state index in [0.29, 0.717) is 25.1 Å². The fraction of sp³-hybridized carbons (Fsp3) is 0.714. The van der Waals surface area contributed by atoms with Gasteiger partial charge in [0.25, 0.3) is 6.47 Å². The SMILES string of the molecule is CC(C)(C)OC=O.CCC12CCC(CC1O)C2(C)C.CNC(=O)C(COCc1ccccc1)NC. The van der Waals surface area contributed by atoms with E-state index < -0.39 is 0 Å². The molecule has 0 heterocycles. The van der Waals surface area contributed by atoms with Crippen LogP contribution in [0.2, 0.25) is 0 Å². The van der Waals surface area contributed by atoms with Crippen LogP contribution < -0.4 is 10.6 Å². The third kappa shape index (κ3) is 8.58.